The molecule has 0 aliphatic carbocycles. The molecule has 2 aromatic rings. The maximum atomic E-state index is 5.92. The van der Waals surface area contributed by atoms with Gasteiger partial charge in [0, 0.05) is 11.6 Å². The Balaban J connectivity index is 2.49. The van der Waals surface area contributed by atoms with Crippen LogP contribution in [0.5, 0.6) is 0 Å². The summed E-state index contributed by atoms with van der Waals surface area (Å²) in [7, 11) is 0. The van der Waals surface area contributed by atoms with E-state index in [2.05, 4.69) is 30.4 Å². The number of hydrogen-bond donors (Lipinski definition) is 1. The zero-order valence-corrected chi connectivity index (χ0v) is 11.9. The molecule has 1 unspecified atom stereocenters. The van der Waals surface area contributed by atoms with E-state index in [4.69, 9.17) is 5.73 Å². The van der Waals surface area contributed by atoms with Gasteiger partial charge in [-0.3, -0.25) is 0 Å². The largest absolute Gasteiger partial charge is 0.328 e. The molecule has 0 spiro atoms. The molecule has 0 saturated carbocycles. The predicted molar refractivity (Wildman–Crippen MR) is 77.4 cm³/mol. The molecule has 0 aliphatic rings. The van der Waals surface area contributed by atoms with E-state index < -0.39 is 0 Å². The molecule has 1 heterocycles. The van der Waals surface area contributed by atoms with Crippen LogP contribution >= 0.6 is 11.8 Å². The van der Waals surface area contributed by atoms with E-state index in [9.17, 15) is 0 Å². The number of aromatic nitrogens is 2. The summed E-state index contributed by atoms with van der Waals surface area (Å²) in [6, 6.07) is 10.4. The first-order chi connectivity index (χ1) is 8.63. The van der Waals surface area contributed by atoms with Gasteiger partial charge in [0.15, 0.2) is 0 Å². The minimum absolute atomic E-state index is 0.156. The van der Waals surface area contributed by atoms with Crippen molar-refractivity contribution in [1.82, 2.24) is 9.78 Å². The first-order valence-electron chi connectivity index (χ1n) is 6.07. The lowest BCUT2D eigenvalue weighted by Crippen LogP contribution is -2.18. The van der Waals surface area contributed by atoms with Crippen molar-refractivity contribution in [1.29, 1.82) is 0 Å². The third-order valence-corrected chi connectivity index (χ3v) is 3.66. The van der Waals surface area contributed by atoms with Gasteiger partial charge >= 0.3 is 0 Å². The van der Waals surface area contributed by atoms with Gasteiger partial charge in [-0.25, -0.2) is 4.68 Å². The lowest BCUT2D eigenvalue weighted by molar-refractivity contribution is 0.719. The summed E-state index contributed by atoms with van der Waals surface area (Å²) in [5.41, 5.74) is 9.35. The van der Waals surface area contributed by atoms with Crippen molar-refractivity contribution in [3.8, 4) is 5.69 Å². The fourth-order valence-electron chi connectivity index (χ4n) is 2.05. The second kappa shape index (κ2) is 5.59. The highest BCUT2D eigenvalue weighted by atomic mass is 32.2. The number of para-hydroxylation sites is 1. The van der Waals surface area contributed by atoms with E-state index in [1.807, 2.05) is 29.8 Å². The lowest BCUT2D eigenvalue weighted by atomic mass is 10.1. The number of hydrogen-bond acceptors (Lipinski definition) is 3. The molecule has 0 amide bonds. The summed E-state index contributed by atoms with van der Waals surface area (Å²) in [6.45, 7) is 4.08. The van der Waals surface area contributed by atoms with Crippen LogP contribution in [0.25, 0.3) is 5.69 Å². The van der Waals surface area contributed by atoms with Crippen LogP contribution in [0.3, 0.4) is 0 Å². The first kappa shape index (κ1) is 13.2. The van der Waals surface area contributed by atoms with Crippen LogP contribution in [0.4, 0.5) is 0 Å². The highest BCUT2D eigenvalue weighted by molar-refractivity contribution is 7.98. The topological polar surface area (TPSA) is 43.8 Å². The Morgan fingerprint density at radius 2 is 2.00 bits per heavy atom. The average Bonchev–Trinajstić information content (AvgIpc) is 2.67. The van der Waals surface area contributed by atoms with Crippen molar-refractivity contribution in [2.75, 3.05) is 6.26 Å². The fourth-order valence-corrected chi connectivity index (χ4v) is 2.85. The van der Waals surface area contributed by atoms with Crippen molar-refractivity contribution in [3.63, 3.8) is 0 Å². The summed E-state index contributed by atoms with van der Waals surface area (Å²) in [5.74, 6) is 0. The molecule has 2 rings (SSSR count). The van der Waals surface area contributed by atoms with Crippen molar-refractivity contribution >= 4 is 11.8 Å². The van der Waals surface area contributed by atoms with Crippen molar-refractivity contribution in [2.45, 2.75) is 31.3 Å². The number of aryl methyl sites for hydroxylation is 1. The molecule has 2 N–H and O–H groups in total. The average molecular weight is 261 g/mol. The van der Waals surface area contributed by atoms with Crippen LogP contribution in [0.1, 0.15) is 18.2 Å². The Morgan fingerprint density at radius 1 is 1.33 bits per heavy atom. The van der Waals surface area contributed by atoms with Crippen molar-refractivity contribution in [3.05, 3.63) is 41.6 Å². The zero-order valence-electron chi connectivity index (χ0n) is 11.1. The first-order valence-corrected chi connectivity index (χ1v) is 7.29. The van der Waals surface area contributed by atoms with Crippen LogP contribution in [0, 0.1) is 6.92 Å². The molecule has 96 valence electrons. The van der Waals surface area contributed by atoms with Gasteiger partial charge in [-0.05, 0) is 38.7 Å². The zero-order chi connectivity index (χ0) is 13.1. The Morgan fingerprint density at radius 3 is 2.56 bits per heavy atom. The SMILES string of the molecule is CSc1c(CC(C)N)c(C)nn1-c1ccccc1. The van der Waals surface area contributed by atoms with E-state index >= 15 is 0 Å². The minimum Gasteiger partial charge on any atom is -0.328 e. The number of nitrogens with zero attached hydrogens (tertiary/aromatic N) is 2. The van der Waals surface area contributed by atoms with Gasteiger partial charge in [-0.2, -0.15) is 5.10 Å². The van der Waals surface area contributed by atoms with E-state index in [0.29, 0.717) is 0 Å². The molecule has 0 aliphatic heterocycles. The Hall–Kier alpha value is -1.26. The maximum Gasteiger partial charge on any atom is 0.103 e. The van der Waals surface area contributed by atoms with E-state index in [-0.39, 0.29) is 6.04 Å². The van der Waals surface area contributed by atoms with Gasteiger partial charge in [0.1, 0.15) is 5.03 Å². The number of nitrogens with two attached hydrogens (primary N) is 1. The van der Waals surface area contributed by atoms with Crippen molar-refractivity contribution in [2.24, 2.45) is 5.73 Å². The number of rotatable bonds is 4. The molecule has 1 aromatic carbocycles. The molecule has 0 saturated heterocycles. The van der Waals surface area contributed by atoms with Gasteiger partial charge in [-0.1, -0.05) is 18.2 Å². The summed E-state index contributed by atoms with van der Waals surface area (Å²) in [5, 5.41) is 5.84. The van der Waals surface area contributed by atoms with Crippen LogP contribution in [0.2, 0.25) is 0 Å². The molecule has 0 radical (unpaired) electrons. The molecule has 1 aromatic heterocycles. The molecule has 3 nitrogen and oxygen atoms in total. The Kier molecular flexibility index (Phi) is 4.09. The summed E-state index contributed by atoms with van der Waals surface area (Å²) in [6.07, 6.45) is 2.95. The van der Waals surface area contributed by atoms with Gasteiger partial charge in [0.2, 0.25) is 0 Å². The second-order valence-corrected chi connectivity index (χ2v) is 5.30. The highest BCUT2D eigenvalue weighted by Crippen LogP contribution is 2.27. The highest BCUT2D eigenvalue weighted by Gasteiger charge is 2.16. The third kappa shape index (κ3) is 2.60. The smallest absolute Gasteiger partial charge is 0.103 e. The number of benzene rings is 1. The van der Waals surface area contributed by atoms with E-state index in [1.54, 1.807) is 11.8 Å². The Bertz CT molecular complexity index is 517. The molecule has 1 atom stereocenters. The molecular weight excluding hydrogens is 242 g/mol. The monoisotopic (exact) mass is 261 g/mol. The second-order valence-electron chi connectivity index (χ2n) is 4.50. The molecular formula is C14H19N3S. The maximum absolute atomic E-state index is 5.92. The summed E-state index contributed by atoms with van der Waals surface area (Å²) >= 11 is 1.72. The number of thioether (sulfide) groups is 1. The molecule has 4 heteroatoms. The quantitative estimate of drug-likeness (QED) is 0.861. The van der Waals surface area contributed by atoms with Gasteiger partial charge in [-0.15, -0.1) is 11.8 Å². The molecule has 18 heavy (non-hydrogen) atoms. The fraction of sp³-hybridized carbons (Fsp3) is 0.357. The molecule has 0 bridgehead atoms. The van der Waals surface area contributed by atoms with E-state index in [1.165, 1.54) is 10.6 Å². The van der Waals surface area contributed by atoms with Crippen LogP contribution in [-0.4, -0.2) is 22.1 Å². The van der Waals surface area contributed by atoms with Gasteiger partial charge < -0.3 is 5.73 Å². The minimum atomic E-state index is 0.156. The van der Waals surface area contributed by atoms with Crippen LogP contribution in [-0.2, 0) is 6.42 Å². The summed E-state index contributed by atoms with van der Waals surface area (Å²) < 4.78 is 2.01. The van der Waals surface area contributed by atoms with E-state index in [0.717, 1.165) is 17.8 Å². The molecule has 0 fully saturated rings. The normalized spacial score (nSPS) is 12.7. The van der Waals surface area contributed by atoms with Crippen molar-refractivity contribution < 1.29 is 0 Å². The van der Waals surface area contributed by atoms with Gasteiger partial charge in [0.05, 0.1) is 11.4 Å². The van der Waals surface area contributed by atoms with Crippen LogP contribution in [0.15, 0.2) is 35.4 Å². The Labute approximate surface area is 112 Å². The predicted octanol–water partition coefficient (Wildman–Crippen LogP) is 2.79. The summed E-state index contributed by atoms with van der Waals surface area (Å²) in [4.78, 5) is 0. The lowest BCUT2D eigenvalue weighted by Gasteiger charge is -2.08. The third-order valence-electron chi connectivity index (χ3n) is 2.86. The standard InChI is InChI=1S/C14H19N3S/c1-10(15)9-13-11(2)16-17(14(13)18-3)12-7-5-4-6-8-12/h4-8,10H,9,15H2,1-3H3. The van der Waals surface area contributed by atoms with Crippen LogP contribution < -0.4 is 5.73 Å². The van der Waals surface area contributed by atoms with Gasteiger partial charge in [0.25, 0.3) is 0 Å².